The van der Waals surface area contributed by atoms with Crippen LogP contribution in [0.4, 0.5) is 0 Å². The Morgan fingerprint density at radius 2 is 1.22 bits per heavy atom. The Kier molecular flexibility index (Phi) is 5.79. The molecule has 0 spiro atoms. The van der Waals surface area contributed by atoms with E-state index < -0.39 is 11.6 Å². The van der Waals surface area contributed by atoms with E-state index in [1.807, 2.05) is 78.9 Å². The van der Waals surface area contributed by atoms with Crippen molar-refractivity contribution in [3.8, 4) is 11.5 Å². The van der Waals surface area contributed by atoms with E-state index in [4.69, 9.17) is 15.2 Å². The van der Waals surface area contributed by atoms with E-state index in [-0.39, 0.29) is 0 Å². The molecule has 27 heavy (non-hydrogen) atoms. The highest BCUT2D eigenvalue weighted by atomic mass is 16.5. The van der Waals surface area contributed by atoms with Crippen molar-refractivity contribution in [1.82, 2.24) is 0 Å². The molecule has 3 aromatic carbocycles. The van der Waals surface area contributed by atoms with E-state index in [9.17, 15) is 5.11 Å². The van der Waals surface area contributed by atoms with Gasteiger partial charge in [-0.15, -0.1) is 0 Å². The average Bonchev–Trinajstić information content (AvgIpc) is 2.74. The summed E-state index contributed by atoms with van der Waals surface area (Å²) in [5.41, 5.74) is 7.74. The van der Waals surface area contributed by atoms with Crippen LogP contribution in [-0.2, 0) is 12.0 Å². The van der Waals surface area contributed by atoms with E-state index in [1.165, 1.54) is 0 Å². The quantitative estimate of drug-likeness (QED) is 0.674. The minimum absolute atomic E-state index is 0.537. The first-order valence-electron chi connectivity index (χ1n) is 8.89. The number of rotatable bonds is 7. The summed E-state index contributed by atoms with van der Waals surface area (Å²) in [6, 6.07) is 24.2. The van der Waals surface area contributed by atoms with Crippen molar-refractivity contribution in [3.63, 3.8) is 0 Å². The molecule has 3 N–H and O–H groups in total. The van der Waals surface area contributed by atoms with E-state index >= 15 is 0 Å². The predicted octanol–water partition coefficient (Wildman–Crippen LogP) is 3.51. The van der Waals surface area contributed by atoms with Gasteiger partial charge in [-0.3, -0.25) is 0 Å². The summed E-state index contributed by atoms with van der Waals surface area (Å²) < 4.78 is 10.5. The fourth-order valence-corrected chi connectivity index (χ4v) is 3.30. The van der Waals surface area contributed by atoms with Crippen molar-refractivity contribution < 1.29 is 14.6 Å². The van der Waals surface area contributed by atoms with Crippen LogP contribution in [0, 0.1) is 0 Å². The van der Waals surface area contributed by atoms with Crippen molar-refractivity contribution >= 4 is 0 Å². The normalized spacial score (nSPS) is 12.4. The zero-order valence-electron chi connectivity index (χ0n) is 15.6. The lowest BCUT2D eigenvalue weighted by molar-refractivity contribution is 0.0516. The van der Waals surface area contributed by atoms with Crippen LogP contribution >= 0.6 is 0 Å². The molecule has 0 saturated heterocycles. The lowest BCUT2D eigenvalue weighted by Gasteiger charge is -2.35. The molecule has 3 rings (SSSR count). The number of benzene rings is 3. The summed E-state index contributed by atoms with van der Waals surface area (Å²) in [7, 11) is 3.23. The summed E-state index contributed by atoms with van der Waals surface area (Å²) in [5, 5.41) is 11.8. The van der Waals surface area contributed by atoms with Gasteiger partial charge in [0.05, 0.1) is 14.2 Å². The van der Waals surface area contributed by atoms with E-state index in [1.54, 1.807) is 14.2 Å². The van der Waals surface area contributed by atoms with E-state index in [0.717, 1.165) is 28.2 Å². The molecule has 0 aliphatic heterocycles. The molecule has 0 aromatic heterocycles. The maximum absolute atomic E-state index is 11.8. The first kappa shape index (κ1) is 19.0. The smallest absolute Gasteiger partial charge is 0.130 e. The Hall–Kier alpha value is -2.82. The Labute approximate surface area is 160 Å². The number of methoxy groups -OCH3 is 2. The lowest BCUT2D eigenvalue weighted by Crippen LogP contribution is -2.47. The Bertz CT molecular complexity index is 798. The van der Waals surface area contributed by atoms with Gasteiger partial charge in [-0.1, -0.05) is 54.6 Å². The molecule has 4 nitrogen and oxygen atoms in total. The zero-order chi connectivity index (χ0) is 19.3. The van der Waals surface area contributed by atoms with Gasteiger partial charge in [0.1, 0.15) is 17.1 Å². The molecular formula is C23H25NO3. The number of aliphatic hydroxyl groups is 1. The van der Waals surface area contributed by atoms with E-state index in [0.29, 0.717) is 6.42 Å². The Morgan fingerprint density at radius 3 is 1.63 bits per heavy atom. The maximum Gasteiger partial charge on any atom is 0.130 e. The molecule has 0 aliphatic rings. The van der Waals surface area contributed by atoms with Crippen molar-refractivity contribution in [1.29, 1.82) is 0 Å². The maximum atomic E-state index is 11.8. The monoisotopic (exact) mass is 363 g/mol. The van der Waals surface area contributed by atoms with Crippen LogP contribution in [0.3, 0.4) is 0 Å². The third-order valence-corrected chi connectivity index (χ3v) is 4.90. The molecule has 140 valence electrons. The molecule has 0 aliphatic carbocycles. The van der Waals surface area contributed by atoms with Gasteiger partial charge in [-0.25, -0.2) is 0 Å². The van der Waals surface area contributed by atoms with Crippen LogP contribution in [0.1, 0.15) is 16.7 Å². The summed E-state index contributed by atoms with van der Waals surface area (Å²) in [6.07, 6.45) is 0.537. The topological polar surface area (TPSA) is 64.7 Å². The van der Waals surface area contributed by atoms with Gasteiger partial charge in [0.2, 0.25) is 0 Å². The number of hydrogen-bond acceptors (Lipinski definition) is 4. The molecule has 0 fully saturated rings. The van der Waals surface area contributed by atoms with Gasteiger partial charge in [0.25, 0.3) is 0 Å². The van der Waals surface area contributed by atoms with Gasteiger partial charge in [-0.05, 0) is 47.4 Å². The van der Waals surface area contributed by atoms with Crippen molar-refractivity contribution in [2.45, 2.75) is 18.1 Å². The molecule has 0 amide bonds. The number of nitrogens with two attached hydrogens (primary N) is 1. The van der Waals surface area contributed by atoms with Crippen LogP contribution in [0.15, 0.2) is 78.9 Å². The number of hydrogen-bond donors (Lipinski definition) is 2. The van der Waals surface area contributed by atoms with Crippen LogP contribution in [0.2, 0.25) is 0 Å². The second-order valence-electron chi connectivity index (χ2n) is 6.52. The highest BCUT2D eigenvalue weighted by molar-refractivity contribution is 5.43. The predicted molar refractivity (Wildman–Crippen MR) is 107 cm³/mol. The minimum Gasteiger partial charge on any atom is -0.497 e. The second kappa shape index (κ2) is 8.25. The van der Waals surface area contributed by atoms with Gasteiger partial charge >= 0.3 is 0 Å². The van der Waals surface area contributed by atoms with Crippen LogP contribution < -0.4 is 15.2 Å². The first-order chi connectivity index (χ1) is 13.1. The lowest BCUT2D eigenvalue weighted by atomic mass is 9.78. The molecule has 0 heterocycles. The molecule has 4 heteroatoms. The number of ether oxygens (including phenoxy) is 2. The largest absolute Gasteiger partial charge is 0.497 e. The molecule has 0 bridgehead atoms. The summed E-state index contributed by atoms with van der Waals surface area (Å²) in [5.74, 6) is 1.46. The standard InChI is InChI=1S/C23H25NO3/c1-26-20-12-8-18(9-13-20)23(25,19-10-14-21(27-2)15-11-19)22(24)16-17-6-4-3-5-7-17/h3-15,22,25H,16,24H2,1-2H3/t22-/m1/s1. The Morgan fingerprint density at radius 1 is 0.778 bits per heavy atom. The fourth-order valence-electron chi connectivity index (χ4n) is 3.30. The summed E-state index contributed by atoms with van der Waals surface area (Å²) >= 11 is 0. The van der Waals surface area contributed by atoms with Crippen molar-refractivity contribution in [2.75, 3.05) is 14.2 Å². The summed E-state index contributed by atoms with van der Waals surface area (Å²) in [4.78, 5) is 0. The fraction of sp³-hybridized carbons (Fsp3) is 0.217. The highest BCUT2D eigenvalue weighted by Gasteiger charge is 2.38. The molecular weight excluding hydrogens is 338 g/mol. The van der Waals surface area contributed by atoms with Gasteiger partial charge in [0.15, 0.2) is 0 Å². The molecule has 0 unspecified atom stereocenters. The van der Waals surface area contributed by atoms with Crippen LogP contribution in [-0.4, -0.2) is 25.4 Å². The summed E-state index contributed by atoms with van der Waals surface area (Å²) in [6.45, 7) is 0. The molecule has 0 saturated carbocycles. The van der Waals surface area contributed by atoms with E-state index in [2.05, 4.69) is 0 Å². The first-order valence-corrected chi connectivity index (χ1v) is 8.89. The average molecular weight is 363 g/mol. The van der Waals surface area contributed by atoms with Gasteiger partial charge in [-0.2, -0.15) is 0 Å². The Balaban J connectivity index is 2.03. The van der Waals surface area contributed by atoms with Crippen molar-refractivity contribution in [2.24, 2.45) is 5.73 Å². The molecule has 1 atom stereocenters. The van der Waals surface area contributed by atoms with Crippen LogP contribution in [0.5, 0.6) is 11.5 Å². The van der Waals surface area contributed by atoms with Gasteiger partial charge in [0, 0.05) is 6.04 Å². The van der Waals surface area contributed by atoms with Gasteiger partial charge < -0.3 is 20.3 Å². The van der Waals surface area contributed by atoms with Crippen LogP contribution in [0.25, 0.3) is 0 Å². The zero-order valence-corrected chi connectivity index (χ0v) is 15.6. The molecule has 0 radical (unpaired) electrons. The van der Waals surface area contributed by atoms with Crippen molar-refractivity contribution in [3.05, 3.63) is 95.6 Å². The minimum atomic E-state index is -1.35. The second-order valence-corrected chi connectivity index (χ2v) is 6.52. The third-order valence-electron chi connectivity index (χ3n) is 4.90. The molecule has 3 aromatic rings. The highest BCUT2D eigenvalue weighted by Crippen LogP contribution is 2.35. The third kappa shape index (κ3) is 3.97. The SMILES string of the molecule is COc1ccc(C(O)(c2ccc(OC)cc2)[C@H](N)Cc2ccccc2)cc1.